The van der Waals surface area contributed by atoms with Crippen LogP contribution in [0, 0.1) is 5.41 Å². The summed E-state index contributed by atoms with van der Waals surface area (Å²) in [5.41, 5.74) is 9.25. The number of carbonyl (C=O) groups excluding carboxylic acids is 1. The fourth-order valence-corrected chi connectivity index (χ4v) is 1.71. The van der Waals surface area contributed by atoms with Crippen LogP contribution in [0.1, 0.15) is 32.6 Å². The molecule has 0 aromatic heterocycles. The molecule has 19 heavy (non-hydrogen) atoms. The molecule has 0 radical (unpaired) electrons. The first-order valence-corrected chi connectivity index (χ1v) is 5.86. The van der Waals surface area contributed by atoms with Gasteiger partial charge in [-0.1, -0.05) is 0 Å². The molecule has 0 aromatic rings. The Morgan fingerprint density at radius 1 is 1.11 bits per heavy atom. The van der Waals surface area contributed by atoms with Gasteiger partial charge in [0.15, 0.2) is 5.41 Å². The summed E-state index contributed by atoms with van der Waals surface area (Å²) in [6.45, 7) is 2.50. The quantitative estimate of drug-likeness (QED) is 0.430. The third-order valence-corrected chi connectivity index (χ3v) is 2.69. The number of carboxylic acid groups (broad SMARTS) is 1. The van der Waals surface area contributed by atoms with Gasteiger partial charge in [0.25, 0.3) is 0 Å². The number of hydrogen-bond donors (Lipinski definition) is 3. The van der Waals surface area contributed by atoms with Crippen molar-refractivity contribution in [3.05, 3.63) is 0 Å². The first kappa shape index (κ1) is 23.5. The van der Waals surface area contributed by atoms with Crippen molar-refractivity contribution in [1.29, 1.82) is 0 Å². The number of aliphatic carboxylic acids is 1. The third-order valence-electron chi connectivity index (χ3n) is 2.69. The average Bonchev–Trinajstić information content (AvgIpc) is 2.29. The minimum atomic E-state index is -1.49. The van der Waals surface area contributed by atoms with E-state index in [9.17, 15) is 14.7 Å². The van der Waals surface area contributed by atoms with E-state index in [0.29, 0.717) is 25.9 Å². The number of ether oxygens (including phenoxy) is 1. The molecule has 0 rings (SSSR count). The SMILES string of the molecule is CCOC(=O)C(CCCN)(CCCN)C(=O)O.Cl.Cl. The molecule has 0 unspecified atom stereocenters. The van der Waals surface area contributed by atoms with Crippen LogP contribution in [0.4, 0.5) is 0 Å². The third kappa shape index (κ3) is 6.96. The van der Waals surface area contributed by atoms with Crippen LogP contribution in [-0.2, 0) is 14.3 Å². The highest BCUT2D eigenvalue weighted by Gasteiger charge is 2.46. The van der Waals surface area contributed by atoms with E-state index < -0.39 is 17.4 Å². The van der Waals surface area contributed by atoms with Crippen molar-refractivity contribution < 1.29 is 19.4 Å². The van der Waals surface area contributed by atoms with Crippen molar-refractivity contribution in [3.63, 3.8) is 0 Å². The highest BCUT2D eigenvalue weighted by atomic mass is 35.5. The summed E-state index contributed by atoms with van der Waals surface area (Å²) in [7, 11) is 0. The topological polar surface area (TPSA) is 116 Å². The number of esters is 1. The van der Waals surface area contributed by atoms with Gasteiger partial charge in [-0.05, 0) is 45.7 Å². The van der Waals surface area contributed by atoms with Gasteiger partial charge in [0, 0.05) is 0 Å². The molecule has 8 heteroatoms. The molecule has 0 aliphatic carbocycles. The smallest absolute Gasteiger partial charge is 0.323 e. The lowest BCUT2D eigenvalue weighted by Crippen LogP contribution is -2.41. The van der Waals surface area contributed by atoms with Gasteiger partial charge in [0.2, 0.25) is 0 Å². The van der Waals surface area contributed by atoms with Crippen molar-refractivity contribution in [3.8, 4) is 0 Å². The zero-order valence-electron chi connectivity index (χ0n) is 11.1. The molecule has 0 aliphatic heterocycles. The molecule has 0 heterocycles. The molecule has 116 valence electrons. The zero-order valence-corrected chi connectivity index (χ0v) is 12.7. The Hall–Kier alpha value is -0.560. The van der Waals surface area contributed by atoms with E-state index in [1.807, 2.05) is 0 Å². The van der Waals surface area contributed by atoms with Crippen molar-refractivity contribution in [2.75, 3.05) is 19.7 Å². The second-order valence-corrected chi connectivity index (χ2v) is 3.89. The van der Waals surface area contributed by atoms with Crippen LogP contribution in [-0.4, -0.2) is 36.7 Å². The monoisotopic (exact) mass is 318 g/mol. The second kappa shape index (κ2) is 12.5. The minimum absolute atomic E-state index is 0. The Bertz CT molecular complexity index is 257. The predicted molar refractivity (Wildman–Crippen MR) is 77.8 cm³/mol. The molecule has 0 fully saturated rings. The van der Waals surface area contributed by atoms with E-state index >= 15 is 0 Å². The Labute approximate surface area is 126 Å². The normalized spacial score (nSPS) is 10.1. The fraction of sp³-hybridized carbons (Fsp3) is 0.818. The van der Waals surface area contributed by atoms with E-state index in [1.165, 1.54) is 0 Å². The summed E-state index contributed by atoms with van der Waals surface area (Å²) in [6, 6.07) is 0. The Balaban J connectivity index is -0.00000128. The van der Waals surface area contributed by atoms with E-state index in [-0.39, 0.29) is 44.3 Å². The van der Waals surface area contributed by atoms with Gasteiger partial charge >= 0.3 is 11.9 Å². The molecular weight excluding hydrogens is 295 g/mol. The number of carbonyl (C=O) groups is 2. The molecule has 0 saturated heterocycles. The number of halogens is 2. The lowest BCUT2D eigenvalue weighted by atomic mass is 9.79. The van der Waals surface area contributed by atoms with Gasteiger partial charge in [0.1, 0.15) is 0 Å². The summed E-state index contributed by atoms with van der Waals surface area (Å²) in [6.07, 6.45) is 1.32. The number of hydrogen-bond acceptors (Lipinski definition) is 5. The maximum Gasteiger partial charge on any atom is 0.323 e. The van der Waals surface area contributed by atoms with Gasteiger partial charge in [-0.25, -0.2) is 0 Å². The average molecular weight is 319 g/mol. The number of nitrogens with two attached hydrogens (primary N) is 2. The lowest BCUT2D eigenvalue weighted by molar-refractivity contribution is -0.170. The standard InChI is InChI=1S/C11H22N2O4.2ClH/c1-2-17-10(16)11(9(14)15,5-3-7-12)6-4-8-13;;/h2-8,12-13H2,1H3,(H,14,15);2*1H. The zero-order chi connectivity index (χ0) is 13.3. The molecule has 0 aliphatic rings. The van der Waals surface area contributed by atoms with Crippen LogP contribution >= 0.6 is 24.8 Å². The first-order valence-electron chi connectivity index (χ1n) is 5.86. The van der Waals surface area contributed by atoms with E-state index in [2.05, 4.69) is 0 Å². The van der Waals surface area contributed by atoms with Crippen LogP contribution < -0.4 is 11.5 Å². The largest absolute Gasteiger partial charge is 0.480 e. The highest BCUT2D eigenvalue weighted by Crippen LogP contribution is 2.31. The van der Waals surface area contributed by atoms with E-state index in [1.54, 1.807) is 6.92 Å². The Kier molecular flexibility index (Phi) is 15.4. The van der Waals surface area contributed by atoms with Crippen molar-refractivity contribution in [2.24, 2.45) is 16.9 Å². The molecule has 0 atom stereocenters. The molecular formula is C11H24Cl2N2O4. The second-order valence-electron chi connectivity index (χ2n) is 3.89. The molecule has 6 nitrogen and oxygen atoms in total. The van der Waals surface area contributed by atoms with Crippen LogP contribution in [0.3, 0.4) is 0 Å². The van der Waals surface area contributed by atoms with Gasteiger partial charge < -0.3 is 21.3 Å². The highest BCUT2D eigenvalue weighted by molar-refractivity contribution is 5.99. The van der Waals surface area contributed by atoms with E-state index in [0.717, 1.165) is 0 Å². The van der Waals surface area contributed by atoms with Gasteiger partial charge in [-0.3, -0.25) is 9.59 Å². The molecule has 0 bridgehead atoms. The molecule has 0 saturated carbocycles. The predicted octanol–water partition coefficient (Wildman–Crippen LogP) is 0.942. The van der Waals surface area contributed by atoms with Gasteiger partial charge in [0.05, 0.1) is 6.61 Å². The van der Waals surface area contributed by atoms with Gasteiger partial charge in [-0.15, -0.1) is 24.8 Å². The Morgan fingerprint density at radius 3 is 1.79 bits per heavy atom. The summed E-state index contributed by atoms with van der Waals surface area (Å²) in [5, 5.41) is 9.29. The van der Waals surface area contributed by atoms with Gasteiger partial charge in [-0.2, -0.15) is 0 Å². The molecule has 0 spiro atoms. The minimum Gasteiger partial charge on any atom is -0.480 e. The van der Waals surface area contributed by atoms with Crippen LogP contribution in [0.25, 0.3) is 0 Å². The first-order chi connectivity index (χ1) is 8.05. The number of carboxylic acids is 1. The van der Waals surface area contributed by atoms with Crippen molar-refractivity contribution in [2.45, 2.75) is 32.6 Å². The molecule has 5 N–H and O–H groups in total. The van der Waals surface area contributed by atoms with Crippen LogP contribution in [0.15, 0.2) is 0 Å². The Morgan fingerprint density at radius 2 is 1.53 bits per heavy atom. The maximum absolute atomic E-state index is 11.8. The van der Waals surface area contributed by atoms with Crippen molar-refractivity contribution in [1.82, 2.24) is 0 Å². The number of rotatable bonds is 9. The molecule has 0 amide bonds. The maximum atomic E-state index is 11.8. The summed E-state index contributed by atoms with van der Waals surface area (Å²) >= 11 is 0. The van der Waals surface area contributed by atoms with E-state index in [4.69, 9.17) is 16.2 Å². The fourth-order valence-electron chi connectivity index (χ4n) is 1.71. The van der Waals surface area contributed by atoms with Crippen LogP contribution in [0.5, 0.6) is 0 Å². The molecule has 0 aromatic carbocycles. The van der Waals surface area contributed by atoms with Crippen molar-refractivity contribution >= 4 is 36.8 Å². The summed E-state index contributed by atoms with van der Waals surface area (Å²) in [4.78, 5) is 23.2. The summed E-state index contributed by atoms with van der Waals surface area (Å²) in [5.74, 6) is -1.84. The van der Waals surface area contributed by atoms with Crippen LogP contribution in [0.2, 0.25) is 0 Å². The lowest BCUT2D eigenvalue weighted by Gasteiger charge is -2.26. The summed E-state index contributed by atoms with van der Waals surface area (Å²) < 4.78 is 4.86.